The number of fused-ring (bicyclic) bond motifs is 1. The van der Waals surface area contributed by atoms with Gasteiger partial charge in [-0.25, -0.2) is 14.8 Å². The van der Waals surface area contributed by atoms with Gasteiger partial charge < -0.3 is 10.1 Å². The van der Waals surface area contributed by atoms with Crippen LogP contribution >= 0.6 is 22.7 Å². The summed E-state index contributed by atoms with van der Waals surface area (Å²) in [5.74, 6) is -0.222. The number of nitrogens with one attached hydrogen (secondary N) is 2. The van der Waals surface area contributed by atoms with Crippen molar-refractivity contribution in [1.29, 1.82) is 0 Å². The maximum absolute atomic E-state index is 12.3. The van der Waals surface area contributed by atoms with Crippen LogP contribution in [0.15, 0.2) is 54.2 Å². The number of amides is 2. The SMILES string of the molecule is O=C(Cc1csc(NC(=O)OCc2cccnc2)n1)Nc1nc2ccccc2s1. The van der Waals surface area contributed by atoms with E-state index in [2.05, 4.69) is 25.6 Å². The van der Waals surface area contributed by atoms with Crippen molar-refractivity contribution < 1.29 is 14.3 Å². The fourth-order valence-electron chi connectivity index (χ4n) is 2.45. The van der Waals surface area contributed by atoms with Crippen LogP contribution in [0.25, 0.3) is 10.2 Å². The zero-order chi connectivity index (χ0) is 20.1. The summed E-state index contributed by atoms with van der Waals surface area (Å²) in [7, 11) is 0. The van der Waals surface area contributed by atoms with E-state index in [1.807, 2.05) is 30.3 Å². The molecule has 0 aliphatic heterocycles. The monoisotopic (exact) mass is 425 g/mol. The number of hydrogen-bond donors (Lipinski definition) is 2. The summed E-state index contributed by atoms with van der Waals surface area (Å²) < 4.78 is 6.13. The molecule has 10 heteroatoms. The number of hydrogen-bond acceptors (Lipinski definition) is 8. The van der Waals surface area contributed by atoms with E-state index in [1.54, 1.807) is 23.8 Å². The normalized spacial score (nSPS) is 10.6. The van der Waals surface area contributed by atoms with E-state index in [4.69, 9.17) is 4.74 Å². The molecular weight excluding hydrogens is 410 g/mol. The molecule has 3 heterocycles. The topological polar surface area (TPSA) is 106 Å². The largest absolute Gasteiger partial charge is 0.444 e. The summed E-state index contributed by atoms with van der Waals surface area (Å²) >= 11 is 2.64. The standard InChI is InChI=1S/C19H15N5O3S2/c25-16(23-18-22-14-5-1-2-6-15(14)29-18)8-13-11-28-17(21-13)24-19(26)27-10-12-4-3-7-20-9-12/h1-7,9,11H,8,10H2,(H,21,24,26)(H,22,23,25). The lowest BCUT2D eigenvalue weighted by molar-refractivity contribution is -0.115. The fraction of sp³-hybridized carbons (Fsp3) is 0.105. The van der Waals surface area contributed by atoms with Gasteiger partial charge in [0.1, 0.15) is 6.61 Å². The number of benzene rings is 1. The van der Waals surface area contributed by atoms with Gasteiger partial charge in [-0.15, -0.1) is 11.3 Å². The van der Waals surface area contributed by atoms with Crippen LogP contribution < -0.4 is 10.6 Å². The van der Waals surface area contributed by atoms with E-state index in [0.717, 1.165) is 15.8 Å². The van der Waals surface area contributed by atoms with Gasteiger partial charge >= 0.3 is 6.09 Å². The smallest absolute Gasteiger partial charge is 0.413 e. The average Bonchev–Trinajstić information content (AvgIpc) is 3.33. The molecule has 0 spiro atoms. The van der Waals surface area contributed by atoms with Crippen molar-refractivity contribution >= 4 is 55.2 Å². The zero-order valence-electron chi connectivity index (χ0n) is 15.0. The molecule has 0 unspecified atom stereocenters. The molecule has 8 nitrogen and oxygen atoms in total. The third-order valence-electron chi connectivity index (χ3n) is 3.74. The number of para-hydroxylation sites is 1. The van der Waals surface area contributed by atoms with Gasteiger partial charge in [0.15, 0.2) is 10.3 Å². The highest BCUT2D eigenvalue weighted by Gasteiger charge is 2.12. The van der Waals surface area contributed by atoms with Crippen LogP contribution in [0.4, 0.5) is 15.1 Å². The second kappa shape index (κ2) is 8.76. The van der Waals surface area contributed by atoms with E-state index in [9.17, 15) is 9.59 Å². The van der Waals surface area contributed by atoms with Crippen molar-refractivity contribution in [2.75, 3.05) is 10.6 Å². The zero-order valence-corrected chi connectivity index (χ0v) is 16.6. The van der Waals surface area contributed by atoms with Crippen LogP contribution in [0.1, 0.15) is 11.3 Å². The molecule has 29 heavy (non-hydrogen) atoms. The number of aromatic nitrogens is 3. The lowest BCUT2D eigenvalue weighted by atomic mass is 10.3. The first kappa shape index (κ1) is 19.0. The number of anilines is 2. The molecule has 0 atom stereocenters. The van der Waals surface area contributed by atoms with Gasteiger partial charge in [0, 0.05) is 23.3 Å². The van der Waals surface area contributed by atoms with Crippen LogP contribution in [0, 0.1) is 0 Å². The number of ether oxygens (including phenoxy) is 1. The number of thiazole rings is 2. The predicted molar refractivity (Wildman–Crippen MR) is 112 cm³/mol. The molecule has 0 aliphatic rings. The Labute approximate surface area is 173 Å². The molecular formula is C19H15N5O3S2. The molecule has 2 amide bonds. The highest BCUT2D eigenvalue weighted by molar-refractivity contribution is 7.22. The molecule has 4 aromatic rings. The van der Waals surface area contributed by atoms with Gasteiger partial charge in [0.2, 0.25) is 5.91 Å². The minimum atomic E-state index is -0.617. The van der Waals surface area contributed by atoms with Crippen LogP contribution in [-0.2, 0) is 22.6 Å². The summed E-state index contributed by atoms with van der Waals surface area (Å²) in [5.41, 5.74) is 2.18. The first-order chi connectivity index (χ1) is 14.2. The highest BCUT2D eigenvalue weighted by atomic mass is 32.1. The number of carbonyl (C=O) groups excluding carboxylic acids is 2. The third kappa shape index (κ3) is 5.12. The van der Waals surface area contributed by atoms with E-state index >= 15 is 0 Å². The Hall–Kier alpha value is -3.37. The Bertz CT molecular complexity index is 1110. The van der Waals surface area contributed by atoms with Gasteiger partial charge in [-0.05, 0) is 18.2 Å². The third-order valence-corrected chi connectivity index (χ3v) is 5.49. The quantitative estimate of drug-likeness (QED) is 0.482. The summed E-state index contributed by atoms with van der Waals surface area (Å²) in [6.07, 6.45) is 2.74. The van der Waals surface area contributed by atoms with Crippen molar-refractivity contribution in [3.8, 4) is 0 Å². The average molecular weight is 425 g/mol. The van der Waals surface area contributed by atoms with Gasteiger partial charge in [-0.1, -0.05) is 29.5 Å². The Kier molecular flexibility index (Phi) is 5.73. The molecule has 0 saturated heterocycles. The molecule has 146 valence electrons. The highest BCUT2D eigenvalue weighted by Crippen LogP contribution is 2.25. The van der Waals surface area contributed by atoms with Crippen molar-refractivity contribution in [3.63, 3.8) is 0 Å². The second-order valence-corrected chi connectivity index (χ2v) is 7.81. The van der Waals surface area contributed by atoms with Crippen molar-refractivity contribution in [2.45, 2.75) is 13.0 Å². The van der Waals surface area contributed by atoms with Gasteiger partial charge in [0.05, 0.1) is 22.3 Å². The molecule has 0 bridgehead atoms. The van der Waals surface area contributed by atoms with Crippen LogP contribution in [-0.4, -0.2) is 27.0 Å². The van der Waals surface area contributed by atoms with Crippen LogP contribution in [0.5, 0.6) is 0 Å². The first-order valence-corrected chi connectivity index (χ1v) is 10.3. The number of pyridine rings is 1. The lowest BCUT2D eigenvalue weighted by Gasteiger charge is -2.04. The Morgan fingerprint density at radius 2 is 1.93 bits per heavy atom. The fourth-order valence-corrected chi connectivity index (χ4v) is 4.03. The molecule has 0 radical (unpaired) electrons. The Balaban J connectivity index is 1.28. The number of carbonyl (C=O) groups is 2. The summed E-state index contributed by atoms with van der Waals surface area (Å²) in [6.45, 7) is 0.114. The summed E-state index contributed by atoms with van der Waals surface area (Å²) in [6, 6.07) is 11.3. The van der Waals surface area contributed by atoms with Gasteiger partial charge in [0.25, 0.3) is 0 Å². The number of nitrogens with zero attached hydrogens (tertiary/aromatic N) is 3. The Morgan fingerprint density at radius 1 is 1.03 bits per heavy atom. The Morgan fingerprint density at radius 3 is 2.76 bits per heavy atom. The number of rotatable bonds is 6. The predicted octanol–water partition coefficient (Wildman–Crippen LogP) is 4.08. The molecule has 4 rings (SSSR count). The molecule has 2 N–H and O–H groups in total. The first-order valence-electron chi connectivity index (χ1n) is 8.58. The van der Waals surface area contributed by atoms with Gasteiger partial charge in [-0.3, -0.25) is 15.1 Å². The van der Waals surface area contributed by atoms with Crippen molar-refractivity contribution in [2.24, 2.45) is 0 Å². The van der Waals surface area contributed by atoms with E-state index in [-0.39, 0.29) is 18.9 Å². The molecule has 3 aromatic heterocycles. The van der Waals surface area contributed by atoms with E-state index in [0.29, 0.717) is 16.0 Å². The second-order valence-electron chi connectivity index (χ2n) is 5.92. The van der Waals surface area contributed by atoms with Gasteiger partial charge in [-0.2, -0.15) is 0 Å². The maximum atomic E-state index is 12.3. The van der Waals surface area contributed by atoms with E-state index in [1.165, 1.54) is 22.7 Å². The van der Waals surface area contributed by atoms with Crippen molar-refractivity contribution in [1.82, 2.24) is 15.0 Å². The summed E-state index contributed by atoms with van der Waals surface area (Å²) in [4.78, 5) is 36.7. The minimum Gasteiger partial charge on any atom is -0.444 e. The maximum Gasteiger partial charge on any atom is 0.413 e. The minimum absolute atomic E-state index is 0.0822. The van der Waals surface area contributed by atoms with Crippen LogP contribution in [0.2, 0.25) is 0 Å². The summed E-state index contributed by atoms with van der Waals surface area (Å²) in [5, 5.41) is 7.97. The molecule has 1 aromatic carbocycles. The van der Waals surface area contributed by atoms with Crippen LogP contribution in [0.3, 0.4) is 0 Å². The molecule has 0 aliphatic carbocycles. The van der Waals surface area contributed by atoms with E-state index < -0.39 is 6.09 Å². The molecule has 0 saturated carbocycles. The molecule has 0 fully saturated rings. The lowest BCUT2D eigenvalue weighted by Crippen LogP contribution is -2.15. The van der Waals surface area contributed by atoms with Crippen molar-refractivity contribution in [3.05, 3.63) is 65.4 Å².